The Hall–Kier alpha value is -1.41. The third-order valence-corrected chi connectivity index (χ3v) is 6.39. The molecule has 1 N–H and O–H groups in total. The van der Waals surface area contributed by atoms with E-state index in [-0.39, 0.29) is 5.37 Å². The third kappa shape index (κ3) is 4.71. The maximum atomic E-state index is 10.1. The van der Waals surface area contributed by atoms with Crippen molar-refractivity contribution in [2.24, 2.45) is 0 Å². The topological polar surface area (TPSA) is 54.4 Å². The van der Waals surface area contributed by atoms with Gasteiger partial charge in [0.1, 0.15) is 12.0 Å². The van der Waals surface area contributed by atoms with Gasteiger partial charge in [-0.15, -0.1) is 0 Å². The molecule has 0 aliphatic carbocycles. The van der Waals surface area contributed by atoms with Gasteiger partial charge >= 0.3 is 0 Å². The van der Waals surface area contributed by atoms with Gasteiger partial charge in [0, 0.05) is 31.6 Å². The van der Waals surface area contributed by atoms with E-state index in [1.54, 1.807) is 18.9 Å². The minimum absolute atomic E-state index is 0.127. The van der Waals surface area contributed by atoms with Crippen LogP contribution < -0.4 is 9.47 Å². The number of benzene rings is 1. The van der Waals surface area contributed by atoms with Crippen molar-refractivity contribution < 1.29 is 19.3 Å². The summed E-state index contributed by atoms with van der Waals surface area (Å²) >= 11 is 1.76. The van der Waals surface area contributed by atoms with Crippen LogP contribution in [0.25, 0.3) is 0 Å². The van der Waals surface area contributed by atoms with Crippen LogP contribution in [0.2, 0.25) is 0 Å². The van der Waals surface area contributed by atoms with Crippen molar-refractivity contribution >= 4 is 11.8 Å². The summed E-state index contributed by atoms with van der Waals surface area (Å²) in [5.41, 5.74) is 2.12. The van der Waals surface area contributed by atoms with E-state index >= 15 is 0 Å². The predicted octanol–water partition coefficient (Wildman–Crippen LogP) is 2.70. The van der Waals surface area contributed by atoms with E-state index in [0.717, 1.165) is 60.5 Å². The normalized spacial score (nSPS) is 22.3. The van der Waals surface area contributed by atoms with E-state index in [1.165, 1.54) is 0 Å². The molecule has 150 valence electrons. The quantitative estimate of drug-likeness (QED) is 0.763. The van der Waals surface area contributed by atoms with Crippen molar-refractivity contribution in [3.63, 3.8) is 0 Å². The van der Waals surface area contributed by atoms with Gasteiger partial charge in [0.05, 0.1) is 32.1 Å². The van der Waals surface area contributed by atoms with Crippen molar-refractivity contribution in [2.75, 3.05) is 53.6 Å². The number of hydrogen-bond acceptors (Lipinski definition) is 7. The van der Waals surface area contributed by atoms with E-state index in [1.807, 2.05) is 20.0 Å². The Bertz CT molecular complexity index is 674. The molecule has 0 amide bonds. The number of morpholine rings is 1. The minimum atomic E-state index is -0.477. The van der Waals surface area contributed by atoms with Crippen molar-refractivity contribution in [1.29, 1.82) is 0 Å². The molecule has 2 heterocycles. The Labute approximate surface area is 166 Å². The number of thioether (sulfide) groups is 1. The van der Waals surface area contributed by atoms with Gasteiger partial charge in [-0.2, -0.15) is 0 Å². The largest absolute Gasteiger partial charge is 0.493 e. The maximum absolute atomic E-state index is 10.1. The van der Waals surface area contributed by atoms with Crippen molar-refractivity contribution in [3.8, 4) is 11.5 Å². The monoisotopic (exact) mass is 394 g/mol. The number of aliphatic hydroxyl groups excluding tert-OH is 1. The number of rotatable bonds is 7. The molecule has 1 saturated heterocycles. The lowest BCUT2D eigenvalue weighted by molar-refractivity contribution is 0.0321. The van der Waals surface area contributed by atoms with Crippen LogP contribution >= 0.6 is 11.8 Å². The number of nitrogens with zero attached hydrogens (tertiary/aromatic N) is 2. The second kappa shape index (κ2) is 9.19. The van der Waals surface area contributed by atoms with Gasteiger partial charge in [-0.25, -0.2) is 0 Å². The lowest BCUT2D eigenvalue weighted by Gasteiger charge is -2.27. The molecule has 7 heteroatoms. The second-order valence-corrected chi connectivity index (χ2v) is 8.21. The Morgan fingerprint density at radius 1 is 1.30 bits per heavy atom. The van der Waals surface area contributed by atoms with E-state index in [2.05, 4.69) is 28.9 Å². The standard InChI is InChI=1S/C20H30N2O4S/c1-14(23)19-15(2)27-20(21(19)3)16-5-6-17(24-4)18(13-16)26-12-9-22-7-10-25-11-8-22/h5-6,13-14,20,23H,7-12H2,1-4H3. The van der Waals surface area contributed by atoms with Crippen LogP contribution in [0, 0.1) is 0 Å². The molecule has 0 spiro atoms. The maximum Gasteiger partial charge on any atom is 0.161 e. The van der Waals surface area contributed by atoms with Gasteiger partial charge in [-0.05, 0) is 31.5 Å². The van der Waals surface area contributed by atoms with Gasteiger partial charge in [0.15, 0.2) is 11.5 Å². The fourth-order valence-corrected chi connectivity index (χ4v) is 4.96. The van der Waals surface area contributed by atoms with Gasteiger partial charge in [-0.1, -0.05) is 17.8 Å². The van der Waals surface area contributed by atoms with Crippen LogP contribution in [-0.4, -0.2) is 74.6 Å². The average Bonchev–Trinajstić information content (AvgIpc) is 2.97. The Kier molecular flexibility index (Phi) is 6.92. The lowest BCUT2D eigenvalue weighted by atomic mass is 10.1. The summed E-state index contributed by atoms with van der Waals surface area (Å²) in [5, 5.41) is 10.2. The fraction of sp³-hybridized carbons (Fsp3) is 0.600. The van der Waals surface area contributed by atoms with Crippen LogP contribution in [0.4, 0.5) is 0 Å². The molecular weight excluding hydrogens is 364 g/mol. The predicted molar refractivity (Wildman–Crippen MR) is 108 cm³/mol. The minimum Gasteiger partial charge on any atom is -0.493 e. The highest BCUT2D eigenvalue weighted by molar-refractivity contribution is 8.03. The molecule has 0 bridgehead atoms. The molecule has 3 rings (SSSR count). The first-order valence-corrected chi connectivity index (χ1v) is 10.3. The summed E-state index contributed by atoms with van der Waals surface area (Å²) in [4.78, 5) is 5.65. The molecule has 0 saturated carbocycles. The Balaban J connectivity index is 1.68. The first kappa shape index (κ1) is 20.3. The summed E-state index contributed by atoms with van der Waals surface area (Å²) in [6.45, 7) is 8.86. The van der Waals surface area contributed by atoms with Crippen molar-refractivity contribution in [3.05, 3.63) is 34.4 Å². The summed E-state index contributed by atoms with van der Waals surface area (Å²) in [7, 11) is 3.69. The molecule has 0 aromatic heterocycles. The molecule has 6 nitrogen and oxygen atoms in total. The number of likely N-dealkylation sites (N-methyl/N-ethyl adjacent to an activating group) is 1. The van der Waals surface area contributed by atoms with Crippen molar-refractivity contribution in [1.82, 2.24) is 9.80 Å². The smallest absolute Gasteiger partial charge is 0.161 e. The van der Waals surface area contributed by atoms with E-state index in [9.17, 15) is 5.11 Å². The average molecular weight is 395 g/mol. The third-order valence-electron chi connectivity index (χ3n) is 5.02. The molecule has 27 heavy (non-hydrogen) atoms. The van der Waals surface area contributed by atoms with Gasteiger partial charge < -0.3 is 24.2 Å². The number of aliphatic hydroxyl groups is 1. The molecule has 2 aliphatic rings. The highest BCUT2D eigenvalue weighted by Crippen LogP contribution is 2.48. The van der Waals surface area contributed by atoms with Crippen molar-refractivity contribution in [2.45, 2.75) is 25.3 Å². The highest BCUT2D eigenvalue weighted by Gasteiger charge is 2.31. The molecule has 0 radical (unpaired) electrons. The zero-order valence-electron chi connectivity index (χ0n) is 16.6. The van der Waals surface area contributed by atoms with Crippen LogP contribution in [-0.2, 0) is 4.74 Å². The van der Waals surface area contributed by atoms with Crippen LogP contribution in [0.15, 0.2) is 28.8 Å². The molecule has 1 aromatic carbocycles. The van der Waals surface area contributed by atoms with Gasteiger partial charge in [-0.3, -0.25) is 4.90 Å². The van der Waals surface area contributed by atoms with Crippen LogP contribution in [0.3, 0.4) is 0 Å². The number of allylic oxidation sites excluding steroid dienone is 1. The Morgan fingerprint density at radius 2 is 2.04 bits per heavy atom. The number of methoxy groups -OCH3 is 1. The summed E-state index contributed by atoms with van der Waals surface area (Å²) < 4.78 is 16.9. The van der Waals surface area contributed by atoms with Gasteiger partial charge in [0.25, 0.3) is 0 Å². The molecular formula is C20H30N2O4S. The van der Waals surface area contributed by atoms with E-state index in [4.69, 9.17) is 14.2 Å². The van der Waals surface area contributed by atoms with E-state index < -0.39 is 6.10 Å². The zero-order chi connectivity index (χ0) is 19.4. The first-order chi connectivity index (χ1) is 13.0. The number of ether oxygens (including phenoxy) is 3. The fourth-order valence-electron chi connectivity index (χ4n) is 3.63. The first-order valence-electron chi connectivity index (χ1n) is 9.40. The molecule has 1 aromatic rings. The zero-order valence-corrected chi connectivity index (χ0v) is 17.4. The SMILES string of the molecule is COc1ccc(C2SC(C)=C(C(C)O)N2C)cc1OCCN1CCOCC1. The van der Waals surface area contributed by atoms with Crippen LogP contribution in [0.1, 0.15) is 24.8 Å². The second-order valence-electron chi connectivity index (χ2n) is 6.91. The molecule has 2 aliphatic heterocycles. The molecule has 2 atom stereocenters. The molecule has 1 fully saturated rings. The molecule has 2 unspecified atom stereocenters. The summed E-state index contributed by atoms with van der Waals surface area (Å²) in [5.74, 6) is 1.51. The van der Waals surface area contributed by atoms with Crippen LogP contribution in [0.5, 0.6) is 11.5 Å². The van der Waals surface area contributed by atoms with Gasteiger partial charge in [0.2, 0.25) is 0 Å². The lowest BCUT2D eigenvalue weighted by Crippen LogP contribution is -2.38. The number of hydrogen-bond donors (Lipinski definition) is 1. The Morgan fingerprint density at radius 3 is 2.67 bits per heavy atom. The van der Waals surface area contributed by atoms with E-state index in [0.29, 0.717) is 6.61 Å². The summed E-state index contributed by atoms with van der Waals surface area (Å²) in [6.07, 6.45) is -0.477. The summed E-state index contributed by atoms with van der Waals surface area (Å²) in [6, 6.07) is 6.09. The highest BCUT2D eigenvalue weighted by atomic mass is 32.2.